The van der Waals surface area contributed by atoms with Gasteiger partial charge in [-0.2, -0.15) is 10.5 Å². The largest absolute Gasteiger partial charge is 0.454 e. The second-order valence-electron chi connectivity index (χ2n) is 25.0. The number of piperazine rings is 2. The molecule has 500 valence electrons. The highest BCUT2D eigenvalue weighted by Gasteiger charge is 2.32. The molecule has 4 aliphatic rings. The van der Waals surface area contributed by atoms with E-state index in [1.54, 1.807) is 24.4 Å². The number of pyridine rings is 2. The molecule has 25 heteroatoms. The van der Waals surface area contributed by atoms with E-state index in [2.05, 4.69) is 104 Å². The van der Waals surface area contributed by atoms with E-state index in [1.807, 2.05) is 94.9 Å². The lowest BCUT2D eigenvalue weighted by Crippen LogP contribution is -2.44. The number of carbonyl (C=O) groups excluding carboxylic acids is 2. The molecule has 0 bridgehead atoms. The van der Waals surface area contributed by atoms with Crippen LogP contribution in [0.25, 0.3) is 55.8 Å². The van der Waals surface area contributed by atoms with E-state index >= 15 is 0 Å². The van der Waals surface area contributed by atoms with Crippen LogP contribution in [-0.4, -0.2) is 151 Å². The number of fused-ring (bicyclic) bond motifs is 6. The minimum Gasteiger partial charge on any atom is -0.454 e. The number of aromatic nitrogens is 6. The minimum absolute atomic E-state index is 0.00458. The first-order chi connectivity index (χ1) is 48.1. The van der Waals surface area contributed by atoms with Crippen molar-refractivity contribution >= 4 is 120 Å². The standard InChI is InChI=1S/C74H71N17O6S2/c1-6-47-37-60-61(95-44-94-60)40-64(47)98-74-84-67-59(91(74)22-8-19-81-71(93)53(43-76)34-46-10-12-51-36-55(16-14-49(51)32-46)89-29-25-87(5)26-30-89)38-56(82-69(67)78)72-96-62-39-58(85(2)3)65(41-63(62)97-72)99-73-83-66-57(17-20-79-68(66)77)90(73)21-7-18-80-70(92)52(42-75)33-45-9-11-50-35-54(15-13-48(50)31-45)88-27-23-86(4)24-28-88/h1,9-17,20,31-41,72H,7-8,18-19,21-30,44H2,2-5H3,(H2,77,79)(H2,78,82)(H,80,92)(H,81,93)/b52-33+,53-34+. The number of nitrogens with one attached hydrogen (secondary N) is 2. The fraction of sp³-hybridized carbons (Fsp3) is 0.270. The lowest BCUT2D eigenvalue weighted by molar-refractivity contribution is -0.117. The number of anilines is 5. The Bertz CT molecular complexity index is 5050. The van der Waals surface area contributed by atoms with E-state index in [0.29, 0.717) is 91.9 Å². The summed E-state index contributed by atoms with van der Waals surface area (Å²) < 4.78 is 28.7. The highest BCUT2D eigenvalue weighted by Crippen LogP contribution is 2.49. The maximum atomic E-state index is 13.7. The Morgan fingerprint density at radius 1 is 0.616 bits per heavy atom. The van der Waals surface area contributed by atoms with Gasteiger partial charge in [-0.05, 0) is 138 Å². The summed E-state index contributed by atoms with van der Waals surface area (Å²) >= 11 is 2.74. The number of nitriles is 2. The van der Waals surface area contributed by atoms with E-state index in [4.69, 9.17) is 51.8 Å². The molecule has 14 rings (SSSR count). The van der Waals surface area contributed by atoms with Crippen LogP contribution < -0.4 is 55.7 Å². The van der Waals surface area contributed by atoms with E-state index < -0.39 is 18.1 Å². The number of rotatable bonds is 20. The SMILES string of the molecule is C#Cc1cc2c(cc1Sc1nc3c(N)nc(C4Oc5cc(Sc6nc7c(N)nccc7n6CCCNC(=O)/C(C#N)=C/c6ccc7cc(N8CCN(C)CC8)ccc7c6)c(N(C)C)cc5O4)cc3n1CCCNC(=O)/C(C#N)=C/c1ccc3cc(N4CCN(C)CC4)ccc3c1)OCO2. The second kappa shape index (κ2) is 28.1. The molecular formula is C74H71N17O6S2. The summed E-state index contributed by atoms with van der Waals surface area (Å²) in [4.78, 5) is 59.4. The molecule has 6 aromatic carbocycles. The van der Waals surface area contributed by atoms with Crippen molar-refractivity contribution in [2.24, 2.45) is 0 Å². The maximum Gasteiger partial charge on any atom is 0.285 e. The third kappa shape index (κ3) is 13.8. The number of hydrogen-bond acceptors (Lipinski definition) is 21. The predicted octanol–water partition coefficient (Wildman–Crippen LogP) is 9.93. The molecular weight excluding hydrogens is 1290 g/mol. The molecule has 99 heavy (non-hydrogen) atoms. The fourth-order valence-corrected chi connectivity index (χ4v) is 14.8. The summed E-state index contributed by atoms with van der Waals surface area (Å²) in [5.74, 6) is 4.23. The van der Waals surface area contributed by atoms with Crippen molar-refractivity contribution in [3.8, 4) is 47.5 Å². The number of imidazole rings is 2. The molecule has 6 N–H and O–H groups in total. The van der Waals surface area contributed by atoms with Gasteiger partial charge in [0.25, 0.3) is 18.1 Å². The quantitative estimate of drug-likeness (QED) is 0.0239. The lowest BCUT2D eigenvalue weighted by Gasteiger charge is -2.34. The van der Waals surface area contributed by atoms with Crippen LogP contribution in [0.3, 0.4) is 0 Å². The van der Waals surface area contributed by atoms with Crippen LogP contribution >= 0.6 is 23.5 Å². The van der Waals surface area contributed by atoms with Gasteiger partial charge in [0.2, 0.25) is 6.79 Å². The summed E-state index contributed by atoms with van der Waals surface area (Å²) in [6.07, 6.45) is 10.8. The summed E-state index contributed by atoms with van der Waals surface area (Å²) in [5, 5.41) is 31.7. The smallest absolute Gasteiger partial charge is 0.285 e. The molecule has 8 heterocycles. The first-order valence-corrected chi connectivity index (χ1v) is 34.2. The normalized spacial score (nSPS) is 15.6. The van der Waals surface area contributed by atoms with Crippen LogP contribution in [0.1, 0.15) is 41.5 Å². The maximum absolute atomic E-state index is 13.7. The number of terminal acetylenes is 1. The molecule has 2 amide bonds. The highest BCUT2D eigenvalue weighted by molar-refractivity contribution is 7.99. The first-order valence-electron chi connectivity index (χ1n) is 32.6. The molecule has 0 radical (unpaired) electrons. The van der Waals surface area contributed by atoms with Crippen molar-refractivity contribution in [2.75, 3.05) is 127 Å². The summed E-state index contributed by atoms with van der Waals surface area (Å²) in [6, 6.07) is 40.1. The zero-order chi connectivity index (χ0) is 68.4. The number of ether oxygens (including phenoxy) is 4. The number of amides is 2. The van der Waals surface area contributed by atoms with Crippen LogP contribution in [0.15, 0.2) is 147 Å². The van der Waals surface area contributed by atoms with Crippen molar-refractivity contribution in [2.45, 2.75) is 52.3 Å². The van der Waals surface area contributed by atoms with E-state index in [-0.39, 0.29) is 42.7 Å². The van der Waals surface area contributed by atoms with Gasteiger partial charge in [0, 0.05) is 144 Å². The van der Waals surface area contributed by atoms with Crippen molar-refractivity contribution in [3.63, 3.8) is 0 Å². The van der Waals surface area contributed by atoms with Crippen LogP contribution in [0.5, 0.6) is 23.0 Å². The van der Waals surface area contributed by atoms with Gasteiger partial charge in [0.15, 0.2) is 44.9 Å². The fourth-order valence-electron chi connectivity index (χ4n) is 12.6. The summed E-state index contributed by atoms with van der Waals surface area (Å²) in [5.41, 5.74) is 21.2. The van der Waals surface area contributed by atoms with Crippen LogP contribution in [-0.2, 0) is 22.7 Å². The zero-order valence-electron chi connectivity index (χ0n) is 55.1. The Hall–Kier alpha value is -11.1. The number of nitrogens with zero attached hydrogens (tertiary/aromatic N) is 13. The number of likely N-dealkylation sites (N-methyl/N-ethyl adjacent to an activating group) is 2. The predicted molar refractivity (Wildman–Crippen MR) is 387 cm³/mol. The van der Waals surface area contributed by atoms with Gasteiger partial charge in [-0.1, -0.05) is 54.1 Å². The topological polar surface area (TPSA) is 272 Å². The second-order valence-corrected chi connectivity index (χ2v) is 27.0. The van der Waals surface area contributed by atoms with E-state index in [0.717, 1.165) is 101 Å². The third-order valence-corrected chi connectivity index (χ3v) is 20.2. The average Bonchev–Trinajstić information content (AvgIpc) is 1.63. The Morgan fingerprint density at radius 3 is 1.68 bits per heavy atom. The Balaban J connectivity index is 0.673. The highest BCUT2D eigenvalue weighted by atomic mass is 32.2. The van der Waals surface area contributed by atoms with Crippen molar-refractivity contribution < 1.29 is 28.5 Å². The molecule has 2 fully saturated rings. The molecule has 0 saturated carbocycles. The zero-order valence-corrected chi connectivity index (χ0v) is 56.8. The van der Waals surface area contributed by atoms with Crippen LogP contribution in [0.4, 0.5) is 28.7 Å². The molecule has 0 spiro atoms. The Kier molecular flexibility index (Phi) is 18.5. The molecule has 2 saturated heterocycles. The van der Waals surface area contributed by atoms with Gasteiger partial charge in [-0.15, -0.1) is 6.42 Å². The molecule has 0 aliphatic carbocycles. The van der Waals surface area contributed by atoms with E-state index in [9.17, 15) is 20.1 Å². The van der Waals surface area contributed by atoms with Gasteiger partial charge >= 0.3 is 0 Å². The monoisotopic (exact) mass is 1360 g/mol. The van der Waals surface area contributed by atoms with Crippen molar-refractivity contribution in [3.05, 3.63) is 149 Å². The van der Waals surface area contributed by atoms with E-state index in [1.165, 1.54) is 34.9 Å². The summed E-state index contributed by atoms with van der Waals surface area (Å²) in [6.45, 7) is 9.27. The molecule has 1 atom stereocenters. The van der Waals surface area contributed by atoms with Gasteiger partial charge in [-0.3, -0.25) is 9.59 Å². The lowest BCUT2D eigenvalue weighted by atomic mass is 10.0. The van der Waals surface area contributed by atoms with Crippen molar-refractivity contribution in [1.29, 1.82) is 10.5 Å². The molecule has 1 unspecified atom stereocenters. The number of benzene rings is 6. The number of aryl methyl sites for hydroxylation is 2. The molecule has 4 aromatic heterocycles. The number of hydrogen-bond donors (Lipinski definition) is 4. The van der Waals surface area contributed by atoms with Gasteiger partial charge in [0.05, 0.1) is 16.7 Å². The number of nitrogen functional groups attached to an aromatic ring is 2. The van der Waals surface area contributed by atoms with Crippen molar-refractivity contribution in [1.82, 2.24) is 49.5 Å². The summed E-state index contributed by atoms with van der Waals surface area (Å²) in [7, 11) is 8.16. The molecule has 10 aromatic rings. The first kappa shape index (κ1) is 65.2. The number of nitrogens with two attached hydrogens (primary N) is 2. The third-order valence-electron chi connectivity index (χ3n) is 18.1. The average molecular weight is 1360 g/mol. The van der Waals surface area contributed by atoms with Crippen LogP contribution in [0.2, 0.25) is 0 Å². The van der Waals surface area contributed by atoms with Gasteiger partial charge in [0.1, 0.15) is 40.0 Å². The molecule has 23 nitrogen and oxygen atoms in total. The number of carbonyl (C=O) groups is 2. The Labute approximate surface area is 580 Å². The minimum atomic E-state index is -1.03. The van der Waals surface area contributed by atoms with Crippen LogP contribution in [0, 0.1) is 35.0 Å². The van der Waals surface area contributed by atoms with Gasteiger partial charge < -0.3 is 74.7 Å². The Morgan fingerprint density at radius 2 is 1.12 bits per heavy atom. The van der Waals surface area contributed by atoms with Gasteiger partial charge in [-0.25, -0.2) is 19.9 Å². The molecule has 4 aliphatic heterocycles.